The predicted molar refractivity (Wildman–Crippen MR) is 112 cm³/mol. The van der Waals surface area contributed by atoms with Crippen LogP contribution in [0.4, 0.5) is 11.4 Å². The first-order chi connectivity index (χ1) is 13.6. The van der Waals surface area contributed by atoms with Gasteiger partial charge in [0.05, 0.1) is 0 Å². The molecule has 0 aliphatic carbocycles. The van der Waals surface area contributed by atoms with Gasteiger partial charge in [0, 0.05) is 41.2 Å². The highest BCUT2D eigenvalue weighted by Crippen LogP contribution is 2.30. The van der Waals surface area contributed by atoms with Crippen LogP contribution < -0.4 is 10.6 Å². The number of hydrogen-bond donors (Lipinski definition) is 2. The minimum absolute atomic E-state index is 0.121. The maximum absolute atomic E-state index is 12.2. The average molecular weight is 370 g/mol. The Bertz CT molecular complexity index is 1200. The molecular weight excluding hydrogens is 352 g/mol. The lowest BCUT2D eigenvalue weighted by atomic mass is 10.1. The quantitative estimate of drug-likeness (QED) is 0.485. The van der Waals surface area contributed by atoms with Crippen molar-refractivity contribution >= 4 is 51.2 Å². The summed E-state index contributed by atoms with van der Waals surface area (Å²) in [5.41, 5.74) is 3.80. The van der Waals surface area contributed by atoms with E-state index in [1.165, 1.54) is 13.0 Å². The number of carbonyl (C=O) groups excluding carboxylic acids is 2. The SMILES string of the molecule is CC(=O)Nc1ccc(/C=C/C(=O)Nc2ccc3c(c2)oc2ccccc23)cc1. The molecule has 0 aliphatic heterocycles. The van der Waals surface area contributed by atoms with Crippen molar-refractivity contribution in [3.63, 3.8) is 0 Å². The van der Waals surface area contributed by atoms with E-state index in [1.54, 1.807) is 18.2 Å². The summed E-state index contributed by atoms with van der Waals surface area (Å²) in [6.07, 6.45) is 3.18. The molecule has 2 N–H and O–H groups in total. The highest BCUT2D eigenvalue weighted by molar-refractivity contribution is 6.07. The lowest BCUT2D eigenvalue weighted by molar-refractivity contribution is -0.114. The zero-order valence-corrected chi connectivity index (χ0v) is 15.2. The fourth-order valence-corrected chi connectivity index (χ4v) is 3.04. The molecule has 4 aromatic rings. The monoisotopic (exact) mass is 370 g/mol. The molecule has 0 bridgehead atoms. The van der Waals surface area contributed by atoms with E-state index in [0.717, 1.165) is 27.5 Å². The molecule has 0 radical (unpaired) electrons. The Balaban J connectivity index is 1.46. The first-order valence-electron chi connectivity index (χ1n) is 8.86. The van der Waals surface area contributed by atoms with Crippen LogP contribution in [0.25, 0.3) is 28.0 Å². The van der Waals surface area contributed by atoms with Crippen LogP contribution in [0, 0.1) is 0 Å². The molecule has 2 amide bonds. The molecule has 28 heavy (non-hydrogen) atoms. The molecule has 0 unspecified atom stereocenters. The van der Waals surface area contributed by atoms with E-state index >= 15 is 0 Å². The first-order valence-corrected chi connectivity index (χ1v) is 8.86. The predicted octanol–water partition coefficient (Wildman–Crippen LogP) is 5.20. The van der Waals surface area contributed by atoms with Gasteiger partial charge < -0.3 is 15.1 Å². The molecule has 0 saturated heterocycles. The van der Waals surface area contributed by atoms with Crippen molar-refractivity contribution in [2.75, 3.05) is 10.6 Å². The van der Waals surface area contributed by atoms with Crippen molar-refractivity contribution < 1.29 is 14.0 Å². The van der Waals surface area contributed by atoms with Gasteiger partial charge in [0.1, 0.15) is 11.2 Å². The van der Waals surface area contributed by atoms with Gasteiger partial charge in [-0.15, -0.1) is 0 Å². The van der Waals surface area contributed by atoms with E-state index in [-0.39, 0.29) is 11.8 Å². The number of anilines is 2. The minimum Gasteiger partial charge on any atom is -0.456 e. The Morgan fingerprint density at radius 2 is 1.54 bits per heavy atom. The number of hydrogen-bond acceptors (Lipinski definition) is 3. The van der Waals surface area contributed by atoms with Crippen LogP contribution >= 0.6 is 0 Å². The maximum atomic E-state index is 12.2. The molecule has 3 aromatic carbocycles. The zero-order chi connectivity index (χ0) is 19.5. The summed E-state index contributed by atoms with van der Waals surface area (Å²) in [7, 11) is 0. The third-order valence-electron chi connectivity index (χ3n) is 4.30. The second-order valence-corrected chi connectivity index (χ2v) is 6.43. The van der Waals surface area contributed by atoms with Crippen LogP contribution in [0.3, 0.4) is 0 Å². The number of carbonyl (C=O) groups is 2. The van der Waals surface area contributed by atoms with Gasteiger partial charge in [-0.05, 0) is 42.0 Å². The Morgan fingerprint density at radius 1 is 0.821 bits per heavy atom. The lowest BCUT2D eigenvalue weighted by Crippen LogP contribution is -2.07. The van der Waals surface area contributed by atoms with Gasteiger partial charge in [0.15, 0.2) is 0 Å². The lowest BCUT2D eigenvalue weighted by Gasteiger charge is -2.03. The van der Waals surface area contributed by atoms with Gasteiger partial charge in [0.2, 0.25) is 11.8 Å². The van der Waals surface area contributed by atoms with E-state index in [2.05, 4.69) is 10.6 Å². The third-order valence-corrected chi connectivity index (χ3v) is 4.30. The second kappa shape index (κ2) is 7.40. The molecule has 0 atom stereocenters. The summed E-state index contributed by atoms with van der Waals surface area (Å²) in [6, 6.07) is 20.7. The molecule has 4 rings (SSSR count). The van der Waals surface area contributed by atoms with Crippen LogP contribution in [0.15, 0.2) is 77.2 Å². The molecule has 5 heteroatoms. The largest absolute Gasteiger partial charge is 0.456 e. The molecule has 0 fully saturated rings. The third kappa shape index (κ3) is 3.78. The fraction of sp³-hybridized carbons (Fsp3) is 0.0435. The summed E-state index contributed by atoms with van der Waals surface area (Å²) in [6.45, 7) is 1.46. The standard InChI is InChI=1S/C23H18N2O3/c1-15(26)24-17-9-6-16(7-10-17)8-13-23(27)25-18-11-12-20-19-4-2-3-5-21(19)28-22(20)14-18/h2-14H,1H3,(H,24,26)(H,25,27)/b13-8+. The Kier molecular flexibility index (Phi) is 4.64. The van der Waals surface area contributed by atoms with Crippen LogP contribution in [-0.4, -0.2) is 11.8 Å². The van der Waals surface area contributed by atoms with Crippen molar-refractivity contribution in [1.29, 1.82) is 0 Å². The second-order valence-electron chi connectivity index (χ2n) is 6.43. The molecule has 0 spiro atoms. The highest BCUT2D eigenvalue weighted by Gasteiger charge is 2.07. The van der Waals surface area contributed by atoms with E-state index in [9.17, 15) is 9.59 Å². The number of benzene rings is 3. The van der Waals surface area contributed by atoms with E-state index < -0.39 is 0 Å². The number of nitrogens with one attached hydrogen (secondary N) is 2. The van der Waals surface area contributed by atoms with Crippen molar-refractivity contribution in [1.82, 2.24) is 0 Å². The minimum atomic E-state index is -0.235. The number of amides is 2. The van der Waals surface area contributed by atoms with Crippen molar-refractivity contribution in [2.24, 2.45) is 0 Å². The highest BCUT2D eigenvalue weighted by atomic mass is 16.3. The first kappa shape index (κ1) is 17.5. The summed E-state index contributed by atoms with van der Waals surface area (Å²) in [5.74, 6) is -0.356. The molecular formula is C23H18N2O3. The molecule has 0 saturated carbocycles. The zero-order valence-electron chi connectivity index (χ0n) is 15.2. The summed E-state index contributed by atoms with van der Waals surface area (Å²) >= 11 is 0. The van der Waals surface area contributed by atoms with Crippen molar-refractivity contribution in [3.8, 4) is 0 Å². The normalized spacial score (nSPS) is 11.2. The number of rotatable bonds is 4. The van der Waals surface area contributed by atoms with Gasteiger partial charge >= 0.3 is 0 Å². The van der Waals surface area contributed by atoms with Crippen LogP contribution in [-0.2, 0) is 9.59 Å². The molecule has 1 heterocycles. The molecule has 138 valence electrons. The van der Waals surface area contributed by atoms with Crippen molar-refractivity contribution in [3.05, 3.63) is 78.4 Å². The number of furan rings is 1. The molecule has 5 nitrogen and oxygen atoms in total. The Morgan fingerprint density at radius 3 is 2.32 bits per heavy atom. The summed E-state index contributed by atoms with van der Waals surface area (Å²) < 4.78 is 5.84. The van der Waals surface area contributed by atoms with Crippen molar-refractivity contribution in [2.45, 2.75) is 6.92 Å². The molecule has 0 aliphatic rings. The average Bonchev–Trinajstić information content (AvgIpc) is 3.05. The smallest absolute Gasteiger partial charge is 0.248 e. The topological polar surface area (TPSA) is 71.3 Å². The van der Waals surface area contributed by atoms with Gasteiger partial charge in [-0.1, -0.05) is 30.3 Å². The van der Waals surface area contributed by atoms with Gasteiger partial charge in [0.25, 0.3) is 0 Å². The number of fused-ring (bicyclic) bond motifs is 3. The maximum Gasteiger partial charge on any atom is 0.248 e. The number of para-hydroxylation sites is 1. The summed E-state index contributed by atoms with van der Waals surface area (Å²) in [4.78, 5) is 23.3. The van der Waals surface area contributed by atoms with Crippen LogP contribution in [0.2, 0.25) is 0 Å². The van der Waals surface area contributed by atoms with E-state index in [4.69, 9.17) is 4.42 Å². The molecule has 1 aromatic heterocycles. The van der Waals surface area contributed by atoms with Crippen LogP contribution in [0.5, 0.6) is 0 Å². The van der Waals surface area contributed by atoms with Gasteiger partial charge in [-0.2, -0.15) is 0 Å². The van der Waals surface area contributed by atoms with E-state index in [0.29, 0.717) is 11.4 Å². The summed E-state index contributed by atoms with van der Waals surface area (Å²) in [5, 5.41) is 7.62. The van der Waals surface area contributed by atoms with Gasteiger partial charge in [-0.3, -0.25) is 9.59 Å². The fourth-order valence-electron chi connectivity index (χ4n) is 3.04. The Hall–Kier alpha value is -3.86. The van der Waals surface area contributed by atoms with Crippen LogP contribution in [0.1, 0.15) is 12.5 Å². The Labute approximate surface area is 161 Å². The van der Waals surface area contributed by atoms with E-state index in [1.807, 2.05) is 54.6 Å². The van der Waals surface area contributed by atoms with Gasteiger partial charge in [-0.25, -0.2) is 0 Å².